The van der Waals surface area contributed by atoms with E-state index >= 15 is 0 Å². The summed E-state index contributed by atoms with van der Waals surface area (Å²) in [6.45, 7) is 0.445. The molecule has 4 N–H and O–H groups in total. The van der Waals surface area contributed by atoms with Crippen LogP contribution < -0.4 is 11.1 Å². The third-order valence-corrected chi connectivity index (χ3v) is 2.99. The Kier molecular flexibility index (Phi) is 4.89. The van der Waals surface area contributed by atoms with Crippen molar-refractivity contribution >= 4 is 5.69 Å². The predicted octanol–water partition coefficient (Wildman–Crippen LogP) is 1.56. The number of pyridine rings is 1. The maximum Gasteiger partial charge on any atom is 0.0770 e. The van der Waals surface area contributed by atoms with E-state index in [4.69, 9.17) is 5.73 Å². The van der Waals surface area contributed by atoms with Crippen LogP contribution >= 0.6 is 0 Å². The normalized spacial score (nSPS) is 12.1. The van der Waals surface area contributed by atoms with E-state index in [9.17, 15) is 5.11 Å². The van der Waals surface area contributed by atoms with Crippen molar-refractivity contribution in [2.45, 2.75) is 19.0 Å². The lowest BCUT2D eigenvalue weighted by Gasteiger charge is -2.19. The molecule has 4 nitrogen and oxygen atoms in total. The highest BCUT2D eigenvalue weighted by molar-refractivity contribution is 5.48. The Morgan fingerprint density at radius 2 is 1.95 bits per heavy atom. The van der Waals surface area contributed by atoms with Crippen LogP contribution in [-0.2, 0) is 13.0 Å². The molecule has 1 unspecified atom stereocenters. The maximum atomic E-state index is 9.50. The van der Waals surface area contributed by atoms with Gasteiger partial charge in [-0.25, -0.2) is 0 Å². The van der Waals surface area contributed by atoms with E-state index < -0.39 is 0 Å². The Hall–Kier alpha value is -1.91. The van der Waals surface area contributed by atoms with Crippen molar-refractivity contribution in [1.29, 1.82) is 0 Å². The zero-order chi connectivity index (χ0) is 13.5. The van der Waals surface area contributed by atoms with Crippen molar-refractivity contribution in [2.75, 3.05) is 11.9 Å². The minimum absolute atomic E-state index is 0.0445. The molecule has 1 aromatic carbocycles. The van der Waals surface area contributed by atoms with Crippen molar-refractivity contribution in [3.8, 4) is 0 Å². The number of nitrogens with zero attached hydrogens (tertiary/aromatic N) is 1. The molecule has 1 aromatic heterocycles. The Morgan fingerprint density at radius 1 is 1.16 bits per heavy atom. The summed E-state index contributed by atoms with van der Waals surface area (Å²) in [5.41, 5.74) is 8.55. The topological polar surface area (TPSA) is 71.2 Å². The van der Waals surface area contributed by atoms with Crippen LogP contribution in [0.3, 0.4) is 0 Å². The SMILES string of the molecule is NCc1ncccc1NC(CO)Cc1ccccc1. The first kappa shape index (κ1) is 13.5. The Morgan fingerprint density at radius 3 is 2.63 bits per heavy atom. The lowest BCUT2D eigenvalue weighted by atomic mass is 10.1. The Labute approximate surface area is 113 Å². The molecule has 2 aromatic rings. The molecule has 0 aliphatic rings. The summed E-state index contributed by atoms with van der Waals surface area (Å²) in [7, 11) is 0. The number of nitrogens with two attached hydrogens (primary N) is 1. The van der Waals surface area contributed by atoms with E-state index in [2.05, 4.69) is 22.4 Å². The van der Waals surface area contributed by atoms with E-state index in [1.807, 2.05) is 30.3 Å². The van der Waals surface area contributed by atoms with Gasteiger partial charge in [0, 0.05) is 12.7 Å². The van der Waals surface area contributed by atoms with Gasteiger partial charge in [-0.15, -0.1) is 0 Å². The molecule has 19 heavy (non-hydrogen) atoms. The Bertz CT molecular complexity index is 502. The first-order valence-electron chi connectivity index (χ1n) is 6.38. The highest BCUT2D eigenvalue weighted by Gasteiger charge is 2.10. The maximum absolute atomic E-state index is 9.50. The van der Waals surface area contributed by atoms with E-state index in [1.165, 1.54) is 5.56 Å². The lowest BCUT2D eigenvalue weighted by molar-refractivity contribution is 0.273. The van der Waals surface area contributed by atoms with E-state index in [0.717, 1.165) is 17.8 Å². The summed E-state index contributed by atoms with van der Waals surface area (Å²) in [5.74, 6) is 0. The molecule has 0 bridgehead atoms. The number of nitrogens with one attached hydrogen (secondary N) is 1. The number of hydrogen-bond acceptors (Lipinski definition) is 4. The molecule has 100 valence electrons. The van der Waals surface area contributed by atoms with Gasteiger partial charge in [0.1, 0.15) is 0 Å². The molecule has 0 fully saturated rings. The number of rotatable bonds is 6. The van der Waals surface area contributed by atoms with Gasteiger partial charge in [-0.3, -0.25) is 4.98 Å². The second-order valence-corrected chi connectivity index (χ2v) is 4.42. The third-order valence-electron chi connectivity index (χ3n) is 2.99. The van der Waals surface area contributed by atoms with E-state index in [-0.39, 0.29) is 12.6 Å². The average molecular weight is 257 g/mol. The molecule has 0 spiro atoms. The highest BCUT2D eigenvalue weighted by atomic mass is 16.3. The van der Waals surface area contributed by atoms with Crippen molar-refractivity contribution in [3.63, 3.8) is 0 Å². The van der Waals surface area contributed by atoms with Gasteiger partial charge >= 0.3 is 0 Å². The van der Waals surface area contributed by atoms with Crippen molar-refractivity contribution in [2.24, 2.45) is 5.73 Å². The minimum atomic E-state index is -0.0445. The number of hydrogen-bond donors (Lipinski definition) is 3. The Balaban J connectivity index is 2.07. The van der Waals surface area contributed by atoms with Gasteiger partial charge < -0.3 is 16.2 Å². The van der Waals surface area contributed by atoms with E-state index in [0.29, 0.717) is 6.54 Å². The van der Waals surface area contributed by atoms with Crippen LogP contribution in [0.15, 0.2) is 48.7 Å². The molecule has 4 heteroatoms. The van der Waals surface area contributed by atoms with Crippen LogP contribution in [-0.4, -0.2) is 22.7 Å². The summed E-state index contributed by atoms with van der Waals surface area (Å²) in [6.07, 6.45) is 2.48. The lowest BCUT2D eigenvalue weighted by Crippen LogP contribution is -2.27. The molecular weight excluding hydrogens is 238 g/mol. The van der Waals surface area contributed by atoms with Gasteiger partial charge in [0.2, 0.25) is 0 Å². The molecule has 2 rings (SSSR count). The first-order valence-corrected chi connectivity index (χ1v) is 6.38. The molecule has 0 saturated heterocycles. The number of aromatic nitrogens is 1. The fourth-order valence-corrected chi connectivity index (χ4v) is 2.01. The summed E-state index contributed by atoms with van der Waals surface area (Å²) in [6, 6.07) is 13.8. The summed E-state index contributed by atoms with van der Waals surface area (Å²) >= 11 is 0. The quantitative estimate of drug-likeness (QED) is 0.734. The van der Waals surface area contributed by atoms with E-state index in [1.54, 1.807) is 6.20 Å². The summed E-state index contributed by atoms with van der Waals surface area (Å²) in [4.78, 5) is 4.22. The number of aliphatic hydroxyl groups is 1. The molecule has 0 aliphatic carbocycles. The summed E-state index contributed by atoms with van der Waals surface area (Å²) in [5, 5.41) is 12.8. The number of anilines is 1. The van der Waals surface area contributed by atoms with Crippen LogP contribution in [0.4, 0.5) is 5.69 Å². The second kappa shape index (κ2) is 6.87. The fourth-order valence-electron chi connectivity index (χ4n) is 2.01. The van der Waals surface area contributed by atoms with Crippen LogP contribution in [0, 0.1) is 0 Å². The van der Waals surface area contributed by atoms with Crippen LogP contribution in [0.2, 0.25) is 0 Å². The van der Waals surface area contributed by atoms with Crippen molar-refractivity contribution in [1.82, 2.24) is 4.98 Å². The van der Waals surface area contributed by atoms with Gasteiger partial charge in [0.05, 0.1) is 24.0 Å². The largest absolute Gasteiger partial charge is 0.394 e. The van der Waals surface area contributed by atoms with Gasteiger partial charge in [-0.1, -0.05) is 30.3 Å². The van der Waals surface area contributed by atoms with Gasteiger partial charge in [0.15, 0.2) is 0 Å². The highest BCUT2D eigenvalue weighted by Crippen LogP contribution is 2.14. The fraction of sp³-hybridized carbons (Fsp3) is 0.267. The minimum Gasteiger partial charge on any atom is -0.394 e. The van der Waals surface area contributed by atoms with Gasteiger partial charge in [-0.05, 0) is 24.1 Å². The molecular formula is C15H19N3O. The smallest absolute Gasteiger partial charge is 0.0770 e. The van der Waals surface area contributed by atoms with Crippen LogP contribution in [0.5, 0.6) is 0 Å². The zero-order valence-electron chi connectivity index (χ0n) is 10.8. The summed E-state index contributed by atoms with van der Waals surface area (Å²) < 4.78 is 0. The van der Waals surface area contributed by atoms with Crippen LogP contribution in [0.25, 0.3) is 0 Å². The molecule has 1 heterocycles. The molecule has 0 radical (unpaired) electrons. The van der Waals surface area contributed by atoms with Crippen LogP contribution in [0.1, 0.15) is 11.3 Å². The molecule has 0 aliphatic heterocycles. The second-order valence-electron chi connectivity index (χ2n) is 4.42. The van der Waals surface area contributed by atoms with Crippen molar-refractivity contribution < 1.29 is 5.11 Å². The molecule has 0 amide bonds. The third kappa shape index (κ3) is 3.77. The zero-order valence-corrected chi connectivity index (χ0v) is 10.8. The number of aliphatic hydroxyl groups excluding tert-OH is 1. The molecule has 0 saturated carbocycles. The molecule has 1 atom stereocenters. The van der Waals surface area contributed by atoms with Gasteiger partial charge in [-0.2, -0.15) is 0 Å². The number of benzene rings is 1. The predicted molar refractivity (Wildman–Crippen MR) is 76.8 cm³/mol. The first-order chi connectivity index (χ1) is 9.33. The van der Waals surface area contributed by atoms with Gasteiger partial charge in [0.25, 0.3) is 0 Å². The monoisotopic (exact) mass is 257 g/mol. The standard InChI is InChI=1S/C15H19N3O/c16-10-15-14(7-4-8-17-15)18-13(11-19)9-12-5-2-1-3-6-12/h1-8,13,18-19H,9-11,16H2. The average Bonchev–Trinajstić information content (AvgIpc) is 2.48. The van der Waals surface area contributed by atoms with Crippen molar-refractivity contribution in [3.05, 3.63) is 59.9 Å².